The number of hydrogen-bond acceptors (Lipinski definition) is 3. The topological polar surface area (TPSA) is 44.5 Å². The van der Waals surface area contributed by atoms with E-state index in [1.54, 1.807) is 0 Å². The Morgan fingerprint density at radius 1 is 0.900 bits per heavy atom. The summed E-state index contributed by atoms with van der Waals surface area (Å²) in [5.74, 6) is 0. The van der Waals surface area contributed by atoms with Gasteiger partial charge in [-0.05, 0) is 16.7 Å². The zero-order valence-electron chi connectivity index (χ0n) is 11.4. The summed E-state index contributed by atoms with van der Waals surface area (Å²) in [5.41, 5.74) is 9.75. The molecule has 0 radical (unpaired) electrons. The van der Waals surface area contributed by atoms with E-state index in [9.17, 15) is 0 Å². The number of nitrogens with two attached hydrogens (primary N) is 1. The van der Waals surface area contributed by atoms with Crippen LogP contribution in [0.15, 0.2) is 54.6 Å². The lowest BCUT2D eigenvalue weighted by atomic mass is 9.98. The van der Waals surface area contributed by atoms with Gasteiger partial charge in [0.1, 0.15) is 6.10 Å². The van der Waals surface area contributed by atoms with E-state index < -0.39 is 0 Å². The highest BCUT2D eigenvalue weighted by molar-refractivity contribution is 5.63. The zero-order valence-corrected chi connectivity index (χ0v) is 11.4. The van der Waals surface area contributed by atoms with Crippen LogP contribution < -0.4 is 5.73 Å². The highest BCUT2D eigenvalue weighted by atomic mass is 16.6. The summed E-state index contributed by atoms with van der Waals surface area (Å²) in [6, 6.07) is 18.5. The van der Waals surface area contributed by atoms with Crippen LogP contribution in [-0.2, 0) is 9.47 Å². The fourth-order valence-corrected chi connectivity index (χ4v) is 2.46. The Morgan fingerprint density at radius 2 is 1.60 bits per heavy atom. The third-order valence-electron chi connectivity index (χ3n) is 3.64. The molecular formula is C17H19NO2. The Morgan fingerprint density at radius 3 is 2.25 bits per heavy atom. The summed E-state index contributed by atoms with van der Waals surface area (Å²) in [6.07, 6.45) is -0.0497. The molecule has 1 aliphatic rings. The molecule has 3 heteroatoms. The number of benzene rings is 2. The van der Waals surface area contributed by atoms with Crippen LogP contribution in [0, 0.1) is 0 Å². The van der Waals surface area contributed by atoms with Crippen molar-refractivity contribution in [1.29, 1.82) is 0 Å². The van der Waals surface area contributed by atoms with Crippen LogP contribution in [0.2, 0.25) is 0 Å². The van der Waals surface area contributed by atoms with Crippen molar-refractivity contribution in [2.75, 3.05) is 19.8 Å². The molecule has 3 nitrogen and oxygen atoms in total. The second-order valence-electron chi connectivity index (χ2n) is 5.00. The summed E-state index contributed by atoms with van der Waals surface area (Å²) < 4.78 is 11.1. The first-order valence-electron chi connectivity index (χ1n) is 6.95. The van der Waals surface area contributed by atoms with Crippen molar-refractivity contribution in [1.82, 2.24) is 0 Å². The number of hydrogen-bond donors (Lipinski definition) is 1. The van der Waals surface area contributed by atoms with Crippen LogP contribution in [-0.4, -0.2) is 25.9 Å². The van der Waals surface area contributed by atoms with E-state index in [0.29, 0.717) is 19.8 Å². The largest absolute Gasteiger partial charge is 0.376 e. The molecule has 2 aromatic rings. The molecule has 0 saturated carbocycles. The number of ether oxygens (including phenoxy) is 2. The third kappa shape index (κ3) is 2.90. The van der Waals surface area contributed by atoms with E-state index in [4.69, 9.17) is 15.2 Å². The van der Waals surface area contributed by atoms with Gasteiger partial charge in [-0.1, -0.05) is 54.6 Å². The predicted octanol–water partition coefficient (Wildman–Crippen LogP) is 2.77. The van der Waals surface area contributed by atoms with Crippen molar-refractivity contribution in [3.8, 4) is 11.1 Å². The van der Waals surface area contributed by atoms with Crippen LogP contribution in [0.1, 0.15) is 11.6 Å². The van der Waals surface area contributed by atoms with Crippen LogP contribution in [0.25, 0.3) is 11.1 Å². The molecule has 104 valence electrons. The second-order valence-corrected chi connectivity index (χ2v) is 5.00. The predicted molar refractivity (Wildman–Crippen MR) is 79.4 cm³/mol. The highest BCUT2D eigenvalue weighted by Gasteiger charge is 2.23. The fraction of sp³-hybridized carbons (Fsp3) is 0.294. The van der Waals surface area contributed by atoms with E-state index in [-0.39, 0.29) is 12.1 Å². The first-order valence-corrected chi connectivity index (χ1v) is 6.95. The molecule has 2 N–H and O–H groups in total. The fourth-order valence-electron chi connectivity index (χ4n) is 2.46. The minimum Gasteiger partial charge on any atom is -0.376 e. The molecule has 1 aliphatic heterocycles. The molecular weight excluding hydrogens is 250 g/mol. The molecule has 3 rings (SSSR count). The smallest absolute Gasteiger partial charge is 0.100 e. The summed E-state index contributed by atoms with van der Waals surface area (Å²) in [7, 11) is 0. The third-order valence-corrected chi connectivity index (χ3v) is 3.64. The molecule has 2 aromatic carbocycles. The molecule has 0 aromatic heterocycles. The normalized spacial score (nSPS) is 20.6. The standard InChI is InChI=1S/C17H19NO2/c18-17(16-12-19-10-11-20-16)15-8-6-14(7-9-15)13-4-2-1-3-5-13/h1-9,16-17H,10-12,18H2. The summed E-state index contributed by atoms with van der Waals surface area (Å²) in [5, 5.41) is 0. The van der Waals surface area contributed by atoms with Crippen molar-refractivity contribution in [3.05, 3.63) is 60.2 Å². The highest BCUT2D eigenvalue weighted by Crippen LogP contribution is 2.24. The van der Waals surface area contributed by atoms with Gasteiger partial charge in [0.25, 0.3) is 0 Å². The molecule has 2 atom stereocenters. The van der Waals surface area contributed by atoms with Crippen molar-refractivity contribution >= 4 is 0 Å². The molecule has 1 heterocycles. The molecule has 1 fully saturated rings. The molecule has 1 saturated heterocycles. The van der Waals surface area contributed by atoms with Crippen molar-refractivity contribution < 1.29 is 9.47 Å². The van der Waals surface area contributed by atoms with Crippen LogP contribution in [0.3, 0.4) is 0 Å². The lowest BCUT2D eigenvalue weighted by molar-refractivity contribution is -0.0975. The minimum atomic E-state index is -0.139. The quantitative estimate of drug-likeness (QED) is 0.932. The van der Waals surface area contributed by atoms with Gasteiger partial charge in [-0.15, -0.1) is 0 Å². The maximum atomic E-state index is 6.25. The number of rotatable bonds is 3. The Hall–Kier alpha value is -1.68. The molecule has 0 amide bonds. The van der Waals surface area contributed by atoms with E-state index in [2.05, 4.69) is 36.4 Å². The van der Waals surface area contributed by atoms with Crippen LogP contribution in [0.5, 0.6) is 0 Å². The van der Waals surface area contributed by atoms with Gasteiger partial charge in [-0.3, -0.25) is 0 Å². The van der Waals surface area contributed by atoms with Gasteiger partial charge < -0.3 is 15.2 Å². The Labute approximate surface area is 119 Å². The molecule has 0 spiro atoms. The monoisotopic (exact) mass is 269 g/mol. The SMILES string of the molecule is NC(c1ccc(-c2ccccc2)cc1)C1COCCO1. The maximum Gasteiger partial charge on any atom is 0.100 e. The average Bonchev–Trinajstić information content (AvgIpc) is 2.56. The lowest BCUT2D eigenvalue weighted by Gasteiger charge is -2.28. The Bertz CT molecular complexity index is 533. The van der Waals surface area contributed by atoms with Gasteiger partial charge in [0.2, 0.25) is 0 Å². The van der Waals surface area contributed by atoms with E-state index >= 15 is 0 Å². The second kappa shape index (κ2) is 6.18. The molecule has 0 aliphatic carbocycles. The van der Waals surface area contributed by atoms with Crippen LogP contribution in [0.4, 0.5) is 0 Å². The average molecular weight is 269 g/mol. The van der Waals surface area contributed by atoms with Crippen LogP contribution >= 0.6 is 0 Å². The van der Waals surface area contributed by atoms with Gasteiger partial charge in [-0.25, -0.2) is 0 Å². The van der Waals surface area contributed by atoms with Gasteiger partial charge in [-0.2, -0.15) is 0 Å². The van der Waals surface area contributed by atoms with E-state index in [1.165, 1.54) is 11.1 Å². The minimum absolute atomic E-state index is 0.0497. The van der Waals surface area contributed by atoms with Gasteiger partial charge in [0.15, 0.2) is 0 Å². The van der Waals surface area contributed by atoms with E-state index in [1.807, 2.05) is 18.2 Å². The molecule has 20 heavy (non-hydrogen) atoms. The summed E-state index contributed by atoms with van der Waals surface area (Å²) in [4.78, 5) is 0. The maximum absolute atomic E-state index is 6.25. The van der Waals surface area contributed by atoms with Gasteiger partial charge in [0, 0.05) is 0 Å². The molecule has 2 unspecified atom stereocenters. The Kier molecular flexibility index (Phi) is 4.11. The lowest BCUT2D eigenvalue weighted by Crippen LogP contribution is -2.37. The van der Waals surface area contributed by atoms with Crippen molar-refractivity contribution in [3.63, 3.8) is 0 Å². The Balaban J connectivity index is 1.75. The zero-order chi connectivity index (χ0) is 13.8. The first-order chi connectivity index (χ1) is 9.84. The van der Waals surface area contributed by atoms with E-state index in [0.717, 1.165) is 5.56 Å². The van der Waals surface area contributed by atoms with Gasteiger partial charge >= 0.3 is 0 Å². The van der Waals surface area contributed by atoms with Crippen molar-refractivity contribution in [2.24, 2.45) is 5.73 Å². The first kappa shape index (κ1) is 13.3. The van der Waals surface area contributed by atoms with Gasteiger partial charge in [0.05, 0.1) is 25.9 Å². The van der Waals surface area contributed by atoms with Crippen molar-refractivity contribution in [2.45, 2.75) is 12.1 Å². The summed E-state index contributed by atoms with van der Waals surface area (Å²) >= 11 is 0. The summed E-state index contributed by atoms with van der Waals surface area (Å²) in [6.45, 7) is 1.86. The molecule has 0 bridgehead atoms.